The number of benzene rings is 1. The van der Waals surface area contributed by atoms with Crippen molar-refractivity contribution in [1.29, 1.82) is 0 Å². The minimum absolute atomic E-state index is 0.215. The molecule has 0 N–H and O–H groups in total. The first-order valence-corrected chi connectivity index (χ1v) is 6.63. The molecule has 0 spiro atoms. The normalized spacial score (nSPS) is 11.3. The summed E-state index contributed by atoms with van der Waals surface area (Å²) in [6, 6.07) is 9.42. The smallest absolute Gasteiger partial charge is 0.327 e. The molecule has 0 aliphatic heterocycles. The highest BCUT2D eigenvalue weighted by Gasteiger charge is 2.41. The van der Waals surface area contributed by atoms with Crippen LogP contribution in [-0.4, -0.2) is 25.2 Å². The van der Waals surface area contributed by atoms with Crippen LogP contribution in [0.2, 0.25) is 0 Å². The second-order valence-electron chi connectivity index (χ2n) is 4.39. The van der Waals surface area contributed by atoms with Gasteiger partial charge in [0, 0.05) is 0 Å². The Morgan fingerprint density at radius 1 is 1.05 bits per heavy atom. The van der Waals surface area contributed by atoms with Gasteiger partial charge in [-0.2, -0.15) is 0 Å². The molecule has 0 unspecified atom stereocenters. The summed E-state index contributed by atoms with van der Waals surface area (Å²) in [5.74, 6) is -1.21. The fourth-order valence-electron chi connectivity index (χ4n) is 1.61. The quantitative estimate of drug-likeness (QED) is 0.592. The van der Waals surface area contributed by atoms with E-state index in [1.54, 1.807) is 19.9 Å². The molecule has 20 heavy (non-hydrogen) atoms. The minimum atomic E-state index is -1.43. The van der Waals surface area contributed by atoms with Crippen LogP contribution in [0.1, 0.15) is 26.3 Å². The first-order valence-electron chi connectivity index (χ1n) is 6.63. The third-order valence-electron chi connectivity index (χ3n) is 2.81. The van der Waals surface area contributed by atoms with Gasteiger partial charge in [0.25, 0.3) is 0 Å². The molecule has 0 amide bonds. The van der Waals surface area contributed by atoms with Gasteiger partial charge in [-0.05, 0) is 26.3 Å². The Morgan fingerprint density at radius 2 is 1.55 bits per heavy atom. The Kier molecular flexibility index (Phi) is 5.97. The SMILES string of the molecule is CCOC(=O)C(C)(C=Cc1ccccc1)C(=O)OCC. The van der Waals surface area contributed by atoms with Crippen LogP contribution >= 0.6 is 0 Å². The lowest BCUT2D eigenvalue weighted by Gasteiger charge is -2.21. The number of esters is 2. The molecule has 0 radical (unpaired) electrons. The maximum Gasteiger partial charge on any atom is 0.327 e. The van der Waals surface area contributed by atoms with E-state index in [9.17, 15) is 9.59 Å². The van der Waals surface area contributed by atoms with Crippen LogP contribution in [0.25, 0.3) is 6.08 Å². The summed E-state index contributed by atoms with van der Waals surface area (Å²) in [6.07, 6.45) is 3.24. The molecule has 0 fully saturated rings. The predicted octanol–water partition coefficient (Wildman–Crippen LogP) is 2.83. The van der Waals surface area contributed by atoms with Crippen molar-refractivity contribution in [2.75, 3.05) is 13.2 Å². The van der Waals surface area contributed by atoms with Gasteiger partial charge in [0.05, 0.1) is 13.2 Å². The Labute approximate surface area is 119 Å². The Hall–Kier alpha value is -2.10. The van der Waals surface area contributed by atoms with Gasteiger partial charge in [-0.15, -0.1) is 0 Å². The maximum atomic E-state index is 12.0. The van der Waals surface area contributed by atoms with Gasteiger partial charge in [-0.25, -0.2) is 0 Å². The lowest BCUT2D eigenvalue weighted by Crippen LogP contribution is -2.37. The standard InChI is InChI=1S/C16H20O4/c1-4-19-14(17)16(3,15(18)20-5-2)12-11-13-9-7-6-8-10-13/h6-12H,4-5H2,1-3H3. The molecule has 0 saturated carbocycles. The maximum absolute atomic E-state index is 12.0. The molecule has 0 aromatic heterocycles. The number of ether oxygens (including phenoxy) is 2. The zero-order valence-corrected chi connectivity index (χ0v) is 12.1. The average molecular weight is 276 g/mol. The Morgan fingerprint density at radius 3 is 2.00 bits per heavy atom. The van der Waals surface area contributed by atoms with Crippen molar-refractivity contribution in [1.82, 2.24) is 0 Å². The Bertz CT molecular complexity index is 459. The molecule has 0 heterocycles. The summed E-state index contributed by atoms with van der Waals surface area (Å²) in [5.41, 5.74) is -0.533. The number of hydrogen-bond acceptors (Lipinski definition) is 4. The molecular weight excluding hydrogens is 256 g/mol. The second kappa shape index (κ2) is 7.48. The summed E-state index contributed by atoms with van der Waals surface area (Å²) >= 11 is 0. The van der Waals surface area contributed by atoms with Gasteiger partial charge < -0.3 is 9.47 Å². The van der Waals surface area contributed by atoms with Crippen molar-refractivity contribution >= 4 is 18.0 Å². The molecular formula is C16H20O4. The van der Waals surface area contributed by atoms with Crippen molar-refractivity contribution in [3.63, 3.8) is 0 Å². The summed E-state index contributed by atoms with van der Waals surface area (Å²) < 4.78 is 9.94. The number of rotatable bonds is 6. The zero-order valence-electron chi connectivity index (χ0n) is 12.1. The average Bonchev–Trinajstić information content (AvgIpc) is 2.46. The molecule has 108 valence electrons. The Balaban J connectivity index is 3.01. The molecule has 1 rings (SSSR count). The highest BCUT2D eigenvalue weighted by Crippen LogP contribution is 2.24. The van der Waals surface area contributed by atoms with Crippen molar-refractivity contribution in [2.45, 2.75) is 20.8 Å². The lowest BCUT2D eigenvalue weighted by molar-refractivity contribution is -0.166. The van der Waals surface area contributed by atoms with E-state index in [0.717, 1.165) is 5.56 Å². The fourth-order valence-corrected chi connectivity index (χ4v) is 1.61. The van der Waals surface area contributed by atoms with E-state index in [2.05, 4.69) is 0 Å². The minimum Gasteiger partial charge on any atom is -0.465 e. The van der Waals surface area contributed by atoms with Crippen LogP contribution in [0.4, 0.5) is 0 Å². The second-order valence-corrected chi connectivity index (χ2v) is 4.39. The highest BCUT2D eigenvalue weighted by atomic mass is 16.6. The van der Waals surface area contributed by atoms with Gasteiger partial charge in [0.2, 0.25) is 0 Å². The molecule has 0 saturated heterocycles. The largest absolute Gasteiger partial charge is 0.465 e. The summed E-state index contributed by atoms with van der Waals surface area (Å²) in [5, 5.41) is 0. The molecule has 0 atom stereocenters. The van der Waals surface area contributed by atoms with Gasteiger partial charge in [0.1, 0.15) is 0 Å². The third-order valence-corrected chi connectivity index (χ3v) is 2.81. The van der Waals surface area contributed by atoms with Crippen LogP contribution in [0, 0.1) is 5.41 Å². The van der Waals surface area contributed by atoms with Gasteiger partial charge in [0.15, 0.2) is 5.41 Å². The summed E-state index contributed by atoms with van der Waals surface area (Å²) in [4.78, 5) is 24.1. The van der Waals surface area contributed by atoms with Crippen LogP contribution < -0.4 is 0 Å². The van der Waals surface area contributed by atoms with E-state index in [1.165, 1.54) is 13.0 Å². The third kappa shape index (κ3) is 3.95. The van der Waals surface area contributed by atoms with Crippen LogP contribution in [0.3, 0.4) is 0 Å². The van der Waals surface area contributed by atoms with Gasteiger partial charge in [-0.3, -0.25) is 9.59 Å². The molecule has 0 bridgehead atoms. The van der Waals surface area contributed by atoms with E-state index in [0.29, 0.717) is 0 Å². The van der Waals surface area contributed by atoms with Gasteiger partial charge in [-0.1, -0.05) is 42.5 Å². The van der Waals surface area contributed by atoms with Crippen molar-refractivity contribution < 1.29 is 19.1 Å². The fraction of sp³-hybridized carbons (Fsp3) is 0.375. The molecule has 0 aliphatic carbocycles. The van der Waals surface area contributed by atoms with Crippen molar-refractivity contribution in [2.24, 2.45) is 5.41 Å². The van der Waals surface area contributed by atoms with Crippen LogP contribution in [0.5, 0.6) is 0 Å². The first kappa shape index (κ1) is 16.0. The molecule has 1 aromatic rings. The monoisotopic (exact) mass is 276 g/mol. The van der Waals surface area contributed by atoms with Crippen LogP contribution in [0.15, 0.2) is 36.4 Å². The number of hydrogen-bond donors (Lipinski definition) is 0. The molecule has 0 aliphatic rings. The van der Waals surface area contributed by atoms with E-state index >= 15 is 0 Å². The zero-order chi connectivity index (χ0) is 15.0. The highest BCUT2D eigenvalue weighted by molar-refractivity contribution is 6.02. The van der Waals surface area contributed by atoms with Crippen molar-refractivity contribution in [3.05, 3.63) is 42.0 Å². The molecule has 1 aromatic carbocycles. The number of carbonyl (C=O) groups is 2. The molecule has 4 nitrogen and oxygen atoms in total. The molecule has 4 heteroatoms. The van der Waals surface area contributed by atoms with E-state index < -0.39 is 17.4 Å². The lowest BCUT2D eigenvalue weighted by atomic mass is 9.89. The van der Waals surface area contributed by atoms with E-state index in [4.69, 9.17) is 9.47 Å². The summed E-state index contributed by atoms with van der Waals surface area (Å²) in [6.45, 7) is 5.33. The number of carbonyl (C=O) groups excluding carboxylic acids is 2. The topological polar surface area (TPSA) is 52.6 Å². The summed E-state index contributed by atoms with van der Waals surface area (Å²) in [7, 11) is 0. The first-order chi connectivity index (χ1) is 9.54. The van der Waals surface area contributed by atoms with Crippen LogP contribution in [-0.2, 0) is 19.1 Å². The van der Waals surface area contributed by atoms with Gasteiger partial charge >= 0.3 is 11.9 Å². The van der Waals surface area contributed by atoms with Crippen molar-refractivity contribution in [3.8, 4) is 0 Å². The van der Waals surface area contributed by atoms with E-state index in [-0.39, 0.29) is 13.2 Å². The van der Waals surface area contributed by atoms with E-state index in [1.807, 2.05) is 30.3 Å². The predicted molar refractivity (Wildman–Crippen MR) is 76.8 cm³/mol.